The van der Waals surface area contributed by atoms with Crippen LogP contribution < -0.4 is 5.73 Å². The van der Waals surface area contributed by atoms with E-state index in [0.29, 0.717) is 12.2 Å². The number of nitrogens with two attached hydrogens (primary N) is 1. The van der Waals surface area contributed by atoms with Gasteiger partial charge in [-0.3, -0.25) is 4.79 Å². The number of rotatable bonds is 2. The van der Waals surface area contributed by atoms with Crippen molar-refractivity contribution in [2.24, 2.45) is 5.73 Å². The molecule has 0 atom stereocenters. The summed E-state index contributed by atoms with van der Waals surface area (Å²) in [5.74, 6) is 0.805. The van der Waals surface area contributed by atoms with E-state index in [1.807, 2.05) is 22.8 Å². The summed E-state index contributed by atoms with van der Waals surface area (Å²) in [5, 5.41) is 0. The maximum absolute atomic E-state index is 11.6. The molecule has 1 aliphatic heterocycles. The molecular weight excluding hydrogens is 202 g/mol. The molecule has 0 amide bonds. The first-order valence-corrected chi connectivity index (χ1v) is 5.18. The summed E-state index contributed by atoms with van der Waals surface area (Å²) in [4.78, 5) is 15.9. The predicted molar refractivity (Wildman–Crippen MR) is 60.1 cm³/mol. The molecule has 0 radical (unpaired) electrons. The minimum absolute atomic E-state index is 0.0292. The summed E-state index contributed by atoms with van der Waals surface area (Å²) in [6, 6.07) is 8.06. The number of aromatic nitrogens is 2. The Morgan fingerprint density at radius 2 is 2.25 bits per heavy atom. The molecule has 1 aromatic heterocycles. The van der Waals surface area contributed by atoms with Crippen molar-refractivity contribution < 1.29 is 4.79 Å². The van der Waals surface area contributed by atoms with Gasteiger partial charge in [0.2, 0.25) is 0 Å². The number of ketones is 1. The van der Waals surface area contributed by atoms with Gasteiger partial charge in [0.25, 0.3) is 0 Å². The number of carbonyl (C=O) groups is 1. The number of fused-ring (bicyclic) bond motifs is 3. The fraction of sp³-hybridized carbons (Fsp3) is 0.167. The van der Waals surface area contributed by atoms with Gasteiger partial charge in [0.1, 0.15) is 11.5 Å². The fourth-order valence-corrected chi connectivity index (χ4v) is 2.12. The Kier molecular flexibility index (Phi) is 1.91. The van der Waals surface area contributed by atoms with Gasteiger partial charge in [-0.2, -0.15) is 0 Å². The van der Waals surface area contributed by atoms with Gasteiger partial charge in [-0.25, -0.2) is 4.98 Å². The number of hydrogen-bond donors (Lipinski definition) is 1. The minimum Gasteiger partial charge on any atom is -0.324 e. The molecule has 0 spiro atoms. The zero-order valence-electron chi connectivity index (χ0n) is 8.68. The van der Waals surface area contributed by atoms with Gasteiger partial charge in [0.05, 0.1) is 19.3 Å². The second-order valence-corrected chi connectivity index (χ2v) is 3.84. The Morgan fingerprint density at radius 3 is 3.06 bits per heavy atom. The largest absolute Gasteiger partial charge is 0.324 e. The molecule has 2 heterocycles. The van der Waals surface area contributed by atoms with Crippen LogP contribution in [0.5, 0.6) is 0 Å². The van der Waals surface area contributed by atoms with Crippen molar-refractivity contribution >= 4 is 5.78 Å². The molecule has 1 aliphatic rings. The molecule has 2 N–H and O–H groups in total. The van der Waals surface area contributed by atoms with Crippen LogP contribution >= 0.6 is 0 Å². The van der Waals surface area contributed by atoms with E-state index in [4.69, 9.17) is 5.73 Å². The molecule has 80 valence electrons. The quantitative estimate of drug-likeness (QED) is 0.647. The first kappa shape index (κ1) is 9.30. The predicted octanol–water partition coefficient (Wildman–Crippen LogP) is 1.05. The topological polar surface area (TPSA) is 60.9 Å². The molecule has 2 aromatic rings. The van der Waals surface area contributed by atoms with Gasteiger partial charge < -0.3 is 10.3 Å². The Hall–Kier alpha value is -1.94. The summed E-state index contributed by atoms with van der Waals surface area (Å²) >= 11 is 0. The van der Waals surface area contributed by atoms with Crippen LogP contribution in [-0.2, 0) is 6.54 Å². The first-order chi connectivity index (χ1) is 7.81. The lowest BCUT2D eigenvalue weighted by molar-refractivity contribution is 0.0993. The van der Waals surface area contributed by atoms with E-state index in [0.717, 1.165) is 11.4 Å². The molecule has 4 nitrogen and oxygen atoms in total. The maximum atomic E-state index is 11.6. The number of carbonyl (C=O) groups excluding carboxylic acids is 1. The van der Waals surface area contributed by atoms with Crippen LogP contribution in [0.15, 0.2) is 30.5 Å². The number of benzene rings is 1. The average Bonchev–Trinajstić information content (AvgIpc) is 2.86. The van der Waals surface area contributed by atoms with Crippen molar-refractivity contribution in [1.29, 1.82) is 0 Å². The highest BCUT2D eigenvalue weighted by atomic mass is 16.1. The molecule has 0 saturated carbocycles. The third-order valence-corrected chi connectivity index (χ3v) is 2.91. The summed E-state index contributed by atoms with van der Waals surface area (Å²) in [5.41, 5.74) is 8.29. The van der Waals surface area contributed by atoms with E-state index in [-0.39, 0.29) is 12.3 Å². The number of Topliss-reactive ketones (excluding diaryl/α,β-unsaturated/α-hetero) is 1. The summed E-state index contributed by atoms with van der Waals surface area (Å²) in [7, 11) is 0. The van der Waals surface area contributed by atoms with Gasteiger partial charge in [-0.15, -0.1) is 0 Å². The first-order valence-electron chi connectivity index (χ1n) is 5.18. The van der Waals surface area contributed by atoms with Crippen molar-refractivity contribution in [1.82, 2.24) is 9.55 Å². The molecule has 3 rings (SSSR count). The average molecular weight is 213 g/mol. The van der Waals surface area contributed by atoms with Gasteiger partial charge >= 0.3 is 0 Å². The van der Waals surface area contributed by atoms with Gasteiger partial charge in [-0.05, 0) is 5.56 Å². The van der Waals surface area contributed by atoms with E-state index in [1.165, 1.54) is 5.56 Å². The van der Waals surface area contributed by atoms with Crippen LogP contribution in [0.2, 0.25) is 0 Å². The summed E-state index contributed by atoms with van der Waals surface area (Å²) in [6.07, 6.45) is 1.61. The SMILES string of the molecule is NCC(=O)c1cnc2n1Cc1ccccc1-2. The van der Waals surface area contributed by atoms with Crippen LogP contribution in [0, 0.1) is 0 Å². The normalized spacial score (nSPS) is 12.3. The Labute approximate surface area is 92.7 Å². The van der Waals surface area contributed by atoms with E-state index in [2.05, 4.69) is 11.1 Å². The van der Waals surface area contributed by atoms with Crippen molar-refractivity contribution in [2.75, 3.05) is 6.54 Å². The van der Waals surface area contributed by atoms with E-state index >= 15 is 0 Å². The maximum Gasteiger partial charge on any atom is 0.194 e. The molecule has 0 fully saturated rings. The molecule has 4 heteroatoms. The van der Waals surface area contributed by atoms with Crippen LogP contribution in [0.25, 0.3) is 11.4 Å². The monoisotopic (exact) mass is 213 g/mol. The molecule has 0 unspecified atom stereocenters. The zero-order valence-corrected chi connectivity index (χ0v) is 8.68. The second-order valence-electron chi connectivity index (χ2n) is 3.84. The van der Waals surface area contributed by atoms with Crippen molar-refractivity contribution in [3.8, 4) is 11.4 Å². The second kappa shape index (κ2) is 3.28. The van der Waals surface area contributed by atoms with Crippen molar-refractivity contribution in [3.05, 3.63) is 41.7 Å². The van der Waals surface area contributed by atoms with Crippen LogP contribution in [0.3, 0.4) is 0 Å². The van der Waals surface area contributed by atoms with E-state index in [9.17, 15) is 4.79 Å². The van der Waals surface area contributed by atoms with Crippen molar-refractivity contribution in [2.45, 2.75) is 6.54 Å². The molecule has 0 bridgehead atoms. The molecule has 1 aromatic carbocycles. The number of nitrogens with zero attached hydrogens (tertiary/aromatic N) is 2. The number of hydrogen-bond acceptors (Lipinski definition) is 3. The van der Waals surface area contributed by atoms with E-state index < -0.39 is 0 Å². The lowest BCUT2D eigenvalue weighted by Gasteiger charge is -2.01. The fourth-order valence-electron chi connectivity index (χ4n) is 2.12. The Bertz CT molecular complexity index is 571. The molecule has 0 saturated heterocycles. The van der Waals surface area contributed by atoms with E-state index in [1.54, 1.807) is 6.20 Å². The highest BCUT2D eigenvalue weighted by Crippen LogP contribution is 2.31. The number of imidazole rings is 1. The van der Waals surface area contributed by atoms with Gasteiger partial charge in [0, 0.05) is 5.56 Å². The van der Waals surface area contributed by atoms with Crippen molar-refractivity contribution in [3.63, 3.8) is 0 Å². The lowest BCUT2D eigenvalue weighted by Crippen LogP contribution is -2.17. The molecule has 0 aliphatic carbocycles. The molecule has 16 heavy (non-hydrogen) atoms. The highest BCUT2D eigenvalue weighted by Gasteiger charge is 2.23. The standard InChI is InChI=1S/C12H11N3O/c13-5-11(16)10-6-14-12-9-4-2-1-3-8(9)7-15(10)12/h1-4,6H,5,7,13H2. The van der Waals surface area contributed by atoms with Crippen LogP contribution in [-0.4, -0.2) is 21.9 Å². The third-order valence-electron chi connectivity index (χ3n) is 2.91. The van der Waals surface area contributed by atoms with Crippen LogP contribution in [0.1, 0.15) is 16.1 Å². The Morgan fingerprint density at radius 1 is 1.44 bits per heavy atom. The third kappa shape index (κ3) is 1.13. The van der Waals surface area contributed by atoms with Gasteiger partial charge in [0.15, 0.2) is 5.78 Å². The zero-order chi connectivity index (χ0) is 11.1. The smallest absolute Gasteiger partial charge is 0.194 e. The lowest BCUT2D eigenvalue weighted by atomic mass is 10.1. The Balaban J connectivity index is 2.15. The summed E-state index contributed by atoms with van der Waals surface area (Å²) in [6.45, 7) is 0.744. The molecular formula is C12H11N3O. The minimum atomic E-state index is -0.0634. The summed E-state index contributed by atoms with van der Waals surface area (Å²) < 4.78 is 1.93. The highest BCUT2D eigenvalue weighted by molar-refractivity contribution is 5.96. The van der Waals surface area contributed by atoms with Crippen LogP contribution in [0.4, 0.5) is 0 Å². The van der Waals surface area contributed by atoms with Gasteiger partial charge in [-0.1, -0.05) is 24.3 Å².